The number of nitrogens with one attached hydrogen (secondary N) is 2. The van der Waals surface area contributed by atoms with Gasteiger partial charge in [0.25, 0.3) is 0 Å². The summed E-state index contributed by atoms with van der Waals surface area (Å²) in [5.74, 6) is 0.984. The Kier molecular flexibility index (Phi) is 5.11. The number of carbonyl (C=O) groups is 1. The number of aliphatic hydroxyl groups is 1. The molecule has 0 fully saturated rings. The SMILES string of the molecule is Cc1ccc(C(C)(O)CNC(=O)CNc2c(C)cccc2C)o1. The molecular formula is C18H24N2O3. The minimum absolute atomic E-state index is 0.0905. The highest BCUT2D eigenvalue weighted by Gasteiger charge is 2.27. The number of carbonyl (C=O) groups excluding carboxylic acids is 1. The smallest absolute Gasteiger partial charge is 0.239 e. The maximum absolute atomic E-state index is 12.0. The molecule has 1 amide bonds. The highest BCUT2D eigenvalue weighted by atomic mass is 16.4. The highest BCUT2D eigenvalue weighted by molar-refractivity contribution is 5.81. The molecule has 5 nitrogen and oxygen atoms in total. The summed E-state index contributed by atoms with van der Waals surface area (Å²) in [7, 11) is 0. The first kappa shape index (κ1) is 17.1. The van der Waals surface area contributed by atoms with E-state index in [-0.39, 0.29) is 19.0 Å². The Hall–Kier alpha value is -2.27. The lowest BCUT2D eigenvalue weighted by molar-refractivity contribution is -0.120. The van der Waals surface area contributed by atoms with E-state index in [0.717, 1.165) is 22.6 Å². The summed E-state index contributed by atoms with van der Waals surface area (Å²) in [6.07, 6.45) is 0. The summed E-state index contributed by atoms with van der Waals surface area (Å²) < 4.78 is 5.42. The monoisotopic (exact) mass is 316 g/mol. The molecule has 1 heterocycles. The maximum Gasteiger partial charge on any atom is 0.239 e. The number of hydrogen-bond acceptors (Lipinski definition) is 4. The van der Waals surface area contributed by atoms with E-state index in [9.17, 15) is 9.90 Å². The minimum atomic E-state index is -1.23. The van der Waals surface area contributed by atoms with Gasteiger partial charge < -0.3 is 20.2 Å². The fourth-order valence-corrected chi connectivity index (χ4v) is 2.41. The molecule has 0 aliphatic heterocycles. The zero-order valence-corrected chi connectivity index (χ0v) is 14.1. The molecule has 1 atom stereocenters. The van der Waals surface area contributed by atoms with E-state index in [1.54, 1.807) is 19.1 Å². The summed E-state index contributed by atoms with van der Waals surface area (Å²) in [6.45, 7) is 7.66. The molecule has 0 aliphatic rings. The Labute approximate surface area is 136 Å². The van der Waals surface area contributed by atoms with Gasteiger partial charge in [-0.05, 0) is 51.0 Å². The van der Waals surface area contributed by atoms with E-state index in [2.05, 4.69) is 10.6 Å². The van der Waals surface area contributed by atoms with Gasteiger partial charge in [-0.3, -0.25) is 4.79 Å². The number of anilines is 1. The van der Waals surface area contributed by atoms with Gasteiger partial charge in [-0.15, -0.1) is 0 Å². The zero-order valence-electron chi connectivity index (χ0n) is 14.1. The summed E-state index contributed by atoms with van der Waals surface area (Å²) in [6, 6.07) is 9.48. The van der Waals surface area contributed by atoms with Crippen molar-refractivity contribution in [3.05, 3.63) is 53.0 Å². The number of aryl methyl sites for hydroxylation is 3. The first-order chi connectivity index (χ1) is 10.8. The third kappa shape index (κ3) is 4.36. The van der Waals surface area contributed by atoms with Crippen molar-refractivity contribution in [1.82, 2.24) is 5.32 Å². The Morgan fingerprint density at radius 2 is 1.83 bits per heavy atom. The third-order valence-electron chi connectivity index (χ3n) is 3.81. The minimum Gasteiger partial charge on any atom is -0.463 e. The van der Waals surface area contributed by atoms with Crippen LogP contribution in [-0.2, 0) is 10.4 Å². The molecule has 124 valence electrons. The Morgan fingerprint density at radius 3 is 2.39 bits per heavy atom. The van der Waals surface area contributed by atoms with Crippen molar-refractivity contribution >= 4 is 11.6 Å². The molecule has 5 heteroatoms. The molecule has 2 rings (SSSR count). The van der Waals surface area contributed by atoms with Crippen molar-refractivity contribution in [2.75, 3.05) is 18.4 Å². The maximum atomic E-state index is 12.0. The molecule has 1 aromatic heterocycles. The summed E-state index contributed by atoms with van der Waals surface area (Å²) in [5, 5.41) is 16.3. The first-order valence-corrected chi connectivity index (χ1v) is 7.65. The van der Waals surface area contributed by atoms with Crippen LogP contribution in [0.15, 0.2) is 34.7 Å². The van der Waals surface area contributed by atoms with Gasteiger partial charge >= 0.3 is 0 Å². The predicted octanol–water partition coefficient (Wildman–Crippen LogP) is 2.64. The van der Waals surface area contributed by atoms with Crippen molar-refractivity contribution in [2.24, 2.45) is 0 Å². The second-order valence-corrected chi connectivity index (χ2v) is 6.08. The van der Waals surface area contributed by atoms with Crippen LogP contribution in [0.4, 0.5) is 5.69 Å². The van der Waals surface area contributed by atoms with E-state index in [1.165, 1.54) is 0 Å². The van der Waals surface area contributed by atoms with Crippen molar-refractivity contribution in [2.45, 2.75) is 33.3 Å². The normalized spacial score (nSPS) is 13.4. The summed E-state index contributed by atoms with van der Waals surface area (Å²) in [4.78, 5) is 12.0. The average molecular weight is 316 g/mol. The van der Waals surface area contributed by atoms with Crippen molar-refractivity contribution < 1.29 is 14.3 Å². The fourth-order valence-electron chi connectivity index (χ4n) is 2.41. The van der Waals surface area contributed by atoms with Crippen LogP contribution < -0.4 is 10.6 Å². The van der Waals surface area contributed by atoms with E-state index in [1.807, 2.05) is 39.0 Å². The molecule has 0 saturated heterocycles. The van der Waals surface area contributed by atoms with E-state index < -0.39 is 5.60 Å². The molecule has 0 saturated carbocycles. The number of hydrogen-bond donors (Lipinski definition) is 3. The lowest BCUT2D eigenvalue weighted by atomic mass is 10.0. The van der Waals surface area contributed by atoms with Crippen molar-refractivity contribution in [1.29, 1.82) is 0 Å². The van der Waals surface area contributed by atoms with Gasteiger partial charge in [-0.2, -0.15) is 0 Å². The number of para-hydroxylation sites is 1. The molecule has 3 N–H and O–H groups in total. The Morgan fingerprint density at radius 1 is 1.17 bits per heavy atom. The molecule has 2 aromatic rings. The number of rotatable bonds is 6. The standard InChI is InChI=1S/C18H24N2O3/c1-12-6-5-7-13(2)17(12)19-10-16(21)20-11-18(4,22)15-9-8-14(3)23-15/h5-9,19,22H,10-11H2,1-4H3,(H,20,21). The molecule has 0 radical (unpaired) electrons. The lowest BCUT2D eigenvalue weighted by Crippen LogP contribution is -2.40. The van der Waals surface area contributed by atoms with Gasteiger partial charge in [0.2, 0.25) is 5.91 Å². The zero-order chi connectivity index (χ0) is 17.0. The van der Waals surface area contributed by atoms with Crippen LogP contribution in [0.1, 0.15) is 29.6 Å². The van der Waals surface area contributed by atoms with Crippen LogP contribution in [-0.4, -0.2) is 24.1 Å². The first-order valence-electron chi connectivity index (χ1n) is 7.65. The number of benzene rings is 1. The summed E-state index contributed by atoms with van der Waals surface area (Å²) in [5.41, 5.74) is 1.92. The molecule has 1 unspecified atom stereocenters. The molecule has 0 spiro atoms. The van der Waals surface area contributed by atoms with Crippen LogP contribution in [0.25, 0.3) is 0 Å². The van der Waals surface area contributed by atoms with Crippen molar-refractivity contribution in [3.8, 4) is 0 Å². The molecule has 0 aliphatic carbocycles. The number of furan rings is 1. The van der Waals surface area contributed by atoms with Gasteiger partial charge in [-0.25, -0.2) is 0 Å². The largest absolute Gasteiger partial charge is 0.463 e. The molecule has 0 bridgehead atoms. The van der Waals surface area contributed by atoms with Gasteiger partial charge in [0.15, 0.2) is 0 Å². The summed E-state index contributed by atoms with van der Waals surface area (Å²) >= 11 is 0. The van der Waals surface area contributed by atoms with Gasteiger partial charge in [0, 0.05) is 5.69 Å². The van der Waals surface area contributed by atoms with E-state index in [4.69, 9.17) is 4.42 Å². The average Bonchev–Trinajstić information content (AvgIpc) is 2.92. The quantitative estimate of drug-likeness (QED) is 0.766. The van der Waals surface area contributed by atoms with Crippen LogP contribution in [0, 0.1) is 20.8 Å². The predicted molar refractivity (Wildman–Crippen MR) is 90.4 cm³/mol. The second kappa shape index (κ2) is 6.87. The number of amides is 1. The topological polar surface area (TPSA) is 74.5 Å². The molecular weight excluding hydrogens is 292 g/mol. The molecule has 23 heavy (non-hydrogen) atoms. The van der Waals surface area contributed by atoms with Gasteiger partial charge in [-0.1, -0.05) is 18.2 Å². The fraction of sp³-hybridized carbons (Fsp3) is 0.389. The Balaban J connectivity index is 1.88. The van der Waals surface area contributed by atoms with Crippen LogP contribution in [0.2, 0.25) is 0 Å². The second-order valence-electron chi connectivity index (χ2n) is 6.08. The lowest BCUT2D eigenvalue weighted by Gasteiger charge is -2.21. The highest BCUT2D eigenvalue weighted by Crippen LogP contribution is 2.22. The van der Waals surface area contributed by atoms with Gasteiger partial charge in [0.05, 0.1) is 13.1 Å². The van der Waals surface area contributed by atoms with Gasteiger partial charge in [0.1, 0.15) is 17.1 Å². The van der Waals surface area contributed by atoms with Crippen LogP contribution in [0.5, 0.6) is 0 Å². The third-order valence-corrected chi connectivity index (χ3v) is 3.81. The van der Waals surface area contributed by atoms with E-state index in [0.29, 0.717) is 5.76 Å². The van der Waals surface area contributed by atoms with Crippen LogP contribution in [0.3, 0.4) is 0 Å². The van der Waals surface area contributed by atoms with E-state index >= 15 is 0 Å². The molecule has 1 aromatic carbocycles. The van der Waals surface area contributed by atoms with Crippen molar-refractivity contribution in [3.63, 3.8) is 0 Å². The van der Waals surface area contributed by atoms with Crippen LogP contribution >= 0.6 is 0 Å². The Bertz CT molecular complexity index is 669.